The highest BCUT2D eigenvalue weighted by molar-refractivity contribution is 6.42. The van der Waals surface area contributed by atoms with Crippen LogP contribution in [-0.2, 0) is 0 Å². The van der Waals surface area contributed by atoms with Crippen LogP contribution in [0.25, 0.3) is 0 Å². The second-order valence-corrected chi connectivity index (χ2v) is 3.62. The maximum absolute atomic E-state index is 13.2. The lowest BCUT2D eigenvalue weighted by molar-refractivity contribution is 0.575. The van der Waals surface area contributed by atoms with Crippen LogP contribution in [0.3, 0.4) is 0 Å². The van der Waals surface area contributed by atoms with Gasteiger partial charge in [0.05, 0.1) is 10.0 Å². The minimum Gasteiger partial charge on any atom is -0.324 e. The van der Waals surface area contributed by atoms with E-state index in [1.54, 1.807) is 0 Å². The van der Waals surface area contributed by atoms with E-state index in [9.17, 15) is 4.39 Å². The summed E-state index contributed by atoms with van der Waals surface area (Å²) >= 11 is 11.4. The van der Waals surface area contributed by atoms with Crippen molar-refractivity contribution in [3.8, 4) is 0 Å². The Morgan fingerprint density at radius 3 is 2.46 bits per heavy atom. The molecule has 0 amide bonds. The van der Waals surface area contributed by atoms with Gasteiger partial charge in [0.15, 0.2) is 0 Å². The standard InChI is InChI=1S/C9H10Cl2FN/c1-2-9(13)5-3-6(10)7(11)4-8(5)12/h3-4,9H,2,13H2,1H3. The van der Waals surface area contributed by atoms with E-state index in [2.05, 4.69) is 0 Å². The van der Waals surface area contributed by atoms with Crippen LogP contribution in [0.4, 0.5) is 4.39 Å². The number of hydrogen-bond acceptors (Lipinski definition) is 1. The van der Waals surface area contributed by atoms with E-state index in [0.717, 1.165) is 0 Å². The summed E-state index contributed by atoms with van der Waals surface area (Å²) in [5.74, 6) is -0.399. The van der Waals surface area contributed by atoms with Crippen molar-refractivity contribution >= 4 is 23.2 Å². The molecule has 0 saturated carbocycles. The third-order valence-electron chi connectivity index (χ3n) is 1.88. The van der Waals surface area contributed by atoms with Crippen LogP contribution in [0.15, 0.2) is 12.1 Å². The van der Waals surface area contributed by atoms with Crippen molar-refractivity contribution < 1.29 is 4.39 Å². The number of rotatable bonds is 2. The summed E-state index contributed by atoms with van der Waals surface area (Å²) in [6.45, 7) is 1.88. The van der Waals surface area contributed by atoms with Crippen LogP contribution in [0.1, 0.15) is 24.9 Å². The first kappa shape index (κ1) is 10.8. The molecule has 1 nitrogen and oxygen atoms in total. The minimum atomic E-state index is -0.399. The fourth-order valence-electron chi connectivity index (χ4n) is 1.04. The number of benzene rings is 1. The van der Waals surface area contributed by atoms with Gasteiger partial charge in [-0.1, -0.05) is 30.1 Å². The molecule has 0 aliphatic carbocycles. The van der Waals surface area contributed by atoms with Crippen LogP contribution in [0.2, 0.25) is 10.0 Å². The normalized spacial score (nSPS) is 13.0. The maximum atomic E-state index is 13.2. The summed E-state index contributed by atoms with van der Waals surface area (Å²) in [6, 6.07) is 2.34. The molecule has 0 aromatic heterocycles. The van der Waals surface area contributed by atoms with Gasteiger partial charge in [0, 0.05) is 11.6 Å². The first-order valence-electron chi connectivity index (χ1n) is 3.96. The average Bonchev–Trinajstić information content (AvgIpc) is 2.10. The molecule has 0 saturated heterocycles. The molecule has 1 aromatic rings. The average molecular weight is 222 g/mol. The highest BCUT2D eigenvalue weighted by atomic mass is 35.5. The van der Waals surface area contributed by atoms with Gasteiger partial charge >= 0.3 is 0 Å². The molecule has 0 fully saturated rings. The van der Waals surface area contributed by atoms with E-state index in [0.29, 0.717) is 17.0 Å². The van der Waals surface area contributed by atoms with E-state index in [4.69, 9.17) is 28.9 Å². The Bertz CT molecular complexity index is 315. The Morgan fingerprint density at radius 1 is 1.38 bits per heavy atom. The van der Waals surface area contributed by atoms with Crippen LogP contribution < -0.4 is 5.73 Å². The van der Waals surface area contributed by atoms with Crippen LogP contribution in [0, 0.1) is 5.82 Å². The Balaban J connectivity index is 3.15. The van der Waals surface area contributed by atoms with Gasteiger partial charge in [-0.2, -0.15) is 0 Å². The zero-order valence-electron chi connectivity index (χ0n) is 7.15. The van der Waals surface area contributed by atoms with Gasteiger partial charge in [0.2, 0.25) is 0 Å². The van der Waals surface area contributed by atoms with Crippen LogP contribution in [-0.4, -0.2) is 0 Å². The second kappa shape index (κ2) is 4.27. The van der Waals surface area contributed by atoms with Gasteiger partial charge in [-0.05, 0) is 18.6 Å². The quantitative estimate of drug-likeness (QED) is 0.761. The third kappa shape index (κ3) is 2.33. The molecular weight excluding hydrogens is 212 g/mol. The first-order chi connectivity index (χ1) is 6.06. The van der Waals surface area contributed by atoms with Gasteiger partial charge in [-0.15, -0.1) is 0 Å². The Kier molecular flexibility index (Phi) is 3.54. The SMILES string of the molecule is CCC(N)c1cc(Cl)c(Cl)cc1F. The van der Waals surface area contributed by atoms with Gasteiger partial charge < -0.3 is 5.73 Å². The number of nitrogens with two attached hydrogens (primary N) is 1. The van der Waals surface area contributed by atoms with E-state index < -0.39 is 5.82 Å². The van der Waals surface area contributed by atoms with Crippen molar-refractivity contribution in [2.75, 3.05) is 0 Å². The summed E-state index contributed by atoms with van der Waals surface area (Å²) in [7, 11) is 0. The van der Waals surface area contributed by atoms with Crippen molar-refractivity contribution in [3.63, 3.8) is 0 Å². The van der Waals surface area contributed by atoms with Gasteiger partial charge in [-0.3, -0.25) is 0 Å². The zero-order valence-corrected chi connectivity index (χ0v) is 8.66. The molecule has 0 spiro atoms. The van der Waals surface area contributed by atoms with E-state index in [1.807, 2.05) is 6.92 Å². The molecule has 4 heteroatoms. The fraction of sp³-hybridized carbons (Fsp3) is 0.333. The van der Waals surface area contributed by atoms with Crippen LogP contribution in [0.5, 0.6) is 0 Å². The summed E-state index contributed by atoms with van der Waals surface area (Å²) in [5, 5.41) is 0.549. The number of hydrogen-bond donors (Lipinski definition) is 1. The Morgan fingerprint density at radius 2 is 1.92 bits per heavy atom. The molecule has 2 N–H and O–H groups in total. The Labute approximate surface area is 86.6 Å². The van der Waals surface area contributed by atoms with Gasteiger partial charge in [-0.25, -0.2) is 4.39 Å². The largest absolute Gasteiger partial charge is 0.324 e. The first-order valence-corrected chi connectivity index (χ1v) is 4.71. The number of halogens is 3. The van der Waals surface area contributed by atoms with E-state index in [1.165, 1.54) is 12.1 Å². The Hall–Kier alpha value is -0.310. The molecule has 1 atom stereocenters. The van der Waals surface area contributed by atoms with Gasteiger partial charge in [0.25, 0.3) is 0 Å². The molecule has 1 aromatic carbocycles. The maximum Gasteiger partial charge on any atom is 0.129 e. The monoisotopic (exact) mass is 221 g/mol. The van der Waals surface area contributed by atoms with Crippen molar-refractivity contribution in [1.29, 1.82) is 0 Å². The molecule has 13 heavy (non-hydrogen) atoms. The lowest BCUT2D eigenvalue weighted by Crippen LogP contribution is -2.10. The van der Waals surface area contributed by atoms with Crippen molar-refractivity contribution in [2.45, 2.75) is 19.4 Å². The fourth-order valence-corrected chi connectivity index (χ4v) is 1.36. The molecule has 72 valence electrons. The van der Waals surface area contributed by atoms with Crippen molar-refractivity contribution in [2.24, 2.45) is 5.73 Å². The summed E-state index contributed by atoms with van der Waals surface area (Å²) in [5.41, 5.74) is 6.09. The van der Waals surface area contributed by atoms with Crippen molar-refractivity contribution in [1.82, 2.24) is 0 Å². The molecule has 1 rings (SSSR count). The zero-order chi connectivity index (χ0) is 10.0. The lowest BCUT2D eigenvalue weighted by atomic mass is 10.1. The minimum absolute atomic E-state index is 0.214. The molecular formula is C9H10Cl2FN. The predicted octanol–water partition coefficient (Wildman–Crippen LogP) is 3.54. The van der Waals surface area contributed by atoms with Crippen LogP contribution >= 0.6 is 23.2 Å². The van der Waals surface area contributed by atoms with Crippen molar-refractivity contribution in [3.05, 3.63) is 33.6 Å². The molecule has 0 aliphatic rings. The summed E-state index contributed by atoms with van der Waals surface area (Å²) in [4.78, 5) is 0. The molecule has 0 bridgehead atoms. The predicted molar refractivity (Wildman–Crippen MR) is 53.6 cm³/mol. The molecule has 0 radical (unpaired) electrons. The van der Waals surface area contributed by atoms with E-state index >= 15 is 0 Å². The second-order valence-electron chi connectivity index (χ2n) is 2.80. The molecule has 1 unspecified atom stereocenters. The smallest absolute Gasteiger partial charge is 0.129 e. The van der Waals surface area contributed by atoms with Gasteiger partial charge in [0.1, 0.15) is 5.82 Å². The van der Waals surface area contributed by atoms with E-state index in [-0.39, 0.29) is 11.1 Å². The summed E-state index contributed by atoms with van der Waals surface area (Å²) in [6.07, 6.45) is 0.662. The third-order valence-corrected chi connectivity index (χ3v) is 2.60. The molecule has 0 aliphatic heterocycles. The highest BCUT2D eigenvalue weighted by Crippen LogP contribution is 2.28. The highest BCUT2D eigenvalue weighted by Gasteiger charge is 2.12. The topological polar surface area (TPSA) is 26.0 Å². The summed E-state index contributed by atoms with van der Waals surface area (Å²) < 4.78 is 13.2. The lowest BCUT2D eigenvalue weighted by Gasteiger charge is -2.11. The molecule has 0 heterocycles.